The Balaban J connectivity index is 2.07. The predicted octanol–water partition coefficient (Wildman–Crippen LogP) is 2.69. The molecular formula is C16H21ClN2O5. The van der Waals surface area contributed by atoms with E-state index >= 15 is 0 Å². The van der Waals surface area contributed by atoms with Gasteiger partial charge in [0, 0.05) is 20.2 Å². The van der Waals surface area contributed by atoms with Gasteiger partial charge >= 0.3 is 12.0 Å². The lowest BCUT2D eigenvalue weighted by molar-refractivity contribution is -0.146. The van der Waals surface area contributed by atoms with Crippen LogP contribution in [0.15, 0.2) is 18.2 Å². The maximum Gasteiger partial charge on any atom is 0.321 e. The third kappa shape index (κ3) is 4.10. The lowest BCUT2D eigenvalue weighted by atomic mass is 9.90. The van der Waals surface area contributed by atoms with E-state index in [1.165, 1.54) is 4.90 Å². The Bertz CT molecular complexity index is 624. The van der Waals surface area contributed by atoms with Crippen molar-refractivity contribution in [2.24, 2.45) is 5.41 Å². The molecule has 2 rings (SSSR count). The fourth-order valence-corrected chi connectivity index (χ4v) is 2.71. The summed E-state index contributed by atoms with van der Waals surface area (Å²) in [5.41, 5.74) is -0.476. The van der Waals surface area contributed by atoms with Crippen molar-refractivity contribution in [3.63, 3.8) is 0 Å². The van der Waals surface area contributed by atoms with Crippen LogP contribution in [0.1, 0.15) is 13.3 Å². The van der Waals surface area contributed by atoms with Crippen molar-refractivity contribution in [3.05, 3.63) is 23.2 Å². The van der Waals surface area contributed by atoms with E-state index in [-0.39, 0.29) is 12.6 Å². The maximum absolute atomic E-state index is 12.4. The minimum absolute atomic E-state index is 0.161. The summed E-state index contributed by atoms with van der Waals surface area (Å²) in [5.74, 6) is -0.533. The average Bonchev–Trinajstić information content (AvgIpc) is 2.94. The van der Waals surface area contributed by atoms with Gasteiger partial charge in [0.15, 0.2) is 5.75 Å². The molecule has 8 heteroatoms. The van der Waals surface area contributed by atoms with Crippen molar-refractivity contribution in [2.45, 2.75) is 13.3 Å². The number of aliphatic carboxylic acids is 1. The zero-order chi connectivity index (χ0) is 17.7. The molecule has 0 radical (unpaired) electrons. The Kier molecular flexibility index (Phi) is 5.90. The first kappa shape index (κ1) is 18.4. The van der Waals surface area contributed by atoms with E-state index < -0.39 is 11.4 Å². The molecule has 0 aliphatic carbocycles. The number of hydrogen-bond acceptors (Lipinski definition) is 4. The monoisotopic (exact) mass is 356 g/mol. The normalized spacial score (nSPS) is 20.0. The zero-order valence-electron chi connectivity index (χ0n) is 13.7. The number of anilines is 1. The summed E-state index contributed by atoms with van der Waals surface area (Å²) in [5, 5.41) is 12.4. The number of amides is 2. The van der Waals surface area contributed by atoms with Crippen molar-refractivity contribution in [3.8, 4) is 5.75 Å². The van der Waals surface area contributed by atoms with E-state index in [2.05, 4.69) is 5.32 Å². The molecule has 1 atom stereocenters. The molecule has 2 amide bonds. The Morgan fingerprint density at radius 1 is 1.42 bits per heavy atom. The summed E-state index contributed by atoms with van der Waals surface area (Å²) in [7, 11) is 1.56. The molecule has 1 aliphatic rings. The Hall–Kier alpha value is -1.99. The van der Waals surface area contributed by atoms with Gasteiger partial charge in [-0.2, -0.15) is 0 Å². The highest BCUT2D eigenvalue weighted by Gasteiger charge is 2.42. The van der Waals surface area contributed by atoms with Crippen LogP contribution >= 0.6 is 11.6 Å². The van der Waals surface area contributed by atoms with E-state index in [9.17, 15) is 14.7 Å². The van der Waals surface area contributed by atoms with Crippen LogP contribution in [0.3, 0.4) is 0 Å². The van der Waals surface area contributed by atoms with Gasteiger partial charge in [0.1, 0.15) is 6.61 Å². The number of rotatable bonds is 6. The standard InChI is InChI=1S/C16H21ClN2O5/c1-16(14(20)21)6-7-19(10-16)15(22)18-12-5-3-4-11(17)13(12)24-9-8-23-2/h3-5H,6-10H2,1-2H3,(H,18,22)(H,20,21). The molecule has 1 fully saturated rings. The number of hydrogen-bond donors (Lipinski definition) is 2. The van der Waals surface area contributed by atoms with Crippen LogP contribution < -0.4 is 10.1 Å². The number of ether oxygens (including phenoxy) is 2. The number of benzene rings is 1. The zero-order valence-corrected chi connectivity index (χ0v) is 14.4. The van der Waals surface area contributed by atoms with Crippen molar-refractivity contribution in [1.29, 1.82) is 0 Å². The number of halogens is 1. The number of urea groups is 1. The van der Waals surface area contributed by atoms with Crippen LogP contribution in [-0.2, 0) is 9.53 Å². The predicted molar refractivity (Wildman–Crippen MR) is 89.8 cm³/mol. The summed E-state index contributed by atoms with van der Waals surface area (Å²) in [6.07, 6.45) is 0.419. The maximum atomic E-state index is 12.4. The molecule has 1 saturated heterocycles. The minimum atomic E-state index is -0.913. The number of carbonyl (C=O) groups excluding carboxylic acids is 1. The Labute approximate surface area is 145 Å². The van der Waals surface area contributed by atoms with Gasteiger partial charge in [-0.25, -0.2) is 4.79 Å². The van der Waals surface area contributed by atoms with E-state index in [4.69, 9.17) is 21.1 Å². The molecule has 132 valence electrons. The van der Waals surface area contributed by atoms with Crippen molar-refractivity contribution in [2.75, 3.05) is 38.7 Å². The first-order valence-corrected chi connectivity index (χ1v) is 7.95. The highest BCUT2D eigenvalue weighted by atomic mass is 35.5. The molecule has 1 unspecified atom stereocenters. The molecule has 1 aromatic carbocycles. The summed E-state index contributed by atoms with van der Waals surface area (Å²) < 4.78 is 10.5. The van der Waals surface area contributed by atoms with Gasteiger partial charge in [-0.3, -0.25) is 4.79 Å². The van der Waals surface area contributed by atoms with Crippen molar-refractivity contribution < 1.29 is 24.2 Å². The van der Waals surface area contributed by atoms with Gasteiger partial charge in [-0.05, 0) is 25.5 Å². The number of carbonyl (C=O) groups is 2. The SMILES string of the molecule is COCCOc1c(Cl)cccc1NC(=O)N1CCC(C)(C(=O)O)C1. The highest BCUT2D eigenvalue weighted by Crippen LogP contribution is 2.34. The molecule has 1 heterocycles. The van der Waals surface area contributed by atoms with Gasteiger partial charge in [-0.1, -0.05) is 17.7 Å². The smallest absolute Gasteiger partial charge is 0.321 e. The summed E-state index contributed by atoms with van der Waals surface area (Å²) in [4.78, 5) is 25.2. The van der Waals surface area contributed by atoms with Crippen molar-refractivity contribution >= 4 is 29.3 Å². The van der Waals surface area contributed by atoms with Gasteiger partial charge in [0.05, 0.1) is 22.7 Å². The van der Waals surface area contributed by atoms with Gasteiger partial charge < -0.3 is 24.8 Å². The minimum Gasteiger partial charge on any atom is -0.487 e. The lowest BCUT2D eigenvalue weighted by Gasteiger charge is -2.21. The van der Waals surface area contributed by atoms with E-state index in [0.29, 0.717) is 42.6 Å². The van der Waals surface area contributed by atoms with Crippen molar-refractivity contribution in [1.82, 2.24) is 4.90 Å². The molecule has 0 saturated carbocycles. The topological polar surface area (TPSA) is 88.1 Å². The van der Waals surface area contributed by atoms with Crippen LogP contribution in [0.4, 0.5) is 10.5 Å². The quantitative estimate of drug-likeness (QED) is 0.765. The third-order valence-corrected chi connectivity index (χ3v) is 4.32. The van der Waals surface area contributed by atoms with Crippen LogP contribution in [0.2, 0.25) is 5.02 Å². The van der Waals surface area contributed by atoms with E-state index in [1.807, 2.05) is 0 Å². The number of nitrogens with zero attached hydrogens (tertiary/aromatic N) is 1. The fourth-order valence-electron chi connectivity index (χ4n) is 2.48. The number of nitrogens with one attached hydrogen (secondary N) is 1. The summed E-state index contributed by atoms with van der Waals surface area (Å²) in [6, 6.07) is 4.67. The molecule has 1 aliphatic heterocycles. The molecule has 0 bridgehead atoms. The average molecular weight is 357 g/mol. The molecule has 0 aromatic heterocycles. The fraction of sp³-hybridized carbons (Fsp3) is 0.500. The number of carboxylic acids is 1. The number of para-hydroxylation sites is 1. The van der Waals surface area contributed by atoms with Gasteiger partial charge in [0.2, 0.25) is 0 Å². The highest BCUT2D eigenvalue weighted by molar-refractivity contribution is 6.32. The number of likely N-dealkylation sites (tertiary alicyclic amines) is 1. The summed E-state index contributed by atoms with van der Waals surface area (Å²) >= 11 is 6.13. The van der Waals surface area contributed by atoms with Gasteiger partial charge in [0.25, 0.3) is 0 Å². The van der Waals surface area contributed by atoms with E-state index in [0.717, 1.165) is 0 Å². The second-order valence-corrected chi connectivity index (χ2v) is 6.33. The molecule has 0 spiro atoms. The number of methoxy groups -OCH3 is 1. The van der Waals surface area contributed by atoms with Crippen LogP contribution in [0, 0.1) is 5.41 Å². The summed E-state index contributed by atoms with van der Waals surface area (Å²) in [6.45, 7) is 2.87. The van der Waals surface area contributed by atoms with Crippen LogP contribution in [0.5, 0.6) is 5.75 Å². The number of carboxylic acid groups (broad SMARTS) is 1. The Morgan fingerprint density at radius 2 is 2.17 bits per heavy atom. The van der Waals surface area contributed by atoms with Crippen LogP contribution in [0.25, 0.3) is 0 Å². The molecule has 1 aromatic rings. The third-order valence-electron chi connectivity index (χ3n) is 4.02. The second-order valence-electron chi connectivity index (χ2n) is 5.93. The molecular weight excluding hydrogens is 336 g/mol. The van der Waals surface area contributed by atoms with E-state index in [1.54, 1.807) is 32.2 Å². The van der Waals surface area contributed by atoms with Crippen LogP contribution in [-0.4, -0.2) is 55.4 Å². The van der Waals surface area contributed by atoms with Gasteiger partial charge in [-0.15, -0.1) is 0 Å². The molecule has 7 nitrogen and oxygen atoms in total. The first-order valence-electron chi connectivity index (χ1n) is 7.57. The molecule has 2 N–H and O–H groups in total. The first-order chi connectivity index (χ1) is 11.4. The molecule has 24 heavy (non-hydrogen) atoms. The lowest BCUT2D eigenvalue weighted by Crippen LogP contribution is -2.37. The largest absolute Gasteiger partial charge is 0.487 e. The second kappa shape index (κ2) is 7.72. The Morgan fingerprint density at radius 3 is 2.79 bits per heavy atom.